The highest BCUT2D eigenvalue weighted by Gasteiger charge is 2.50. The van der Waals surface area contributed by atoms with Gasteiger partial charge in [0.2, 0.25) is 0 Å². The summed E-state index contributed by atoms with van der Waals surface area (Å²) in [5, 5.41) is 12.8. The number of halogens is 5. The standard InChI is InChI=1S/C26H27F3N6O.2ClH/c1-2-36-19-7-4-17-5-8-20(31-21(17)14-19)24-33-32-22-9-6-18(15-35(22)24)23(26(27,28)29)34-13-11-25(16-34)10-3-12-30-25;;/h4-9,14-15,23,30H,2-3,10-13,16H2,1H3;2*1H/t23-,25?;;/m1../s1. The van der Waals surface area contributed by atoms with E-state index in [1.165, 1.54) is 12.3 Å². The number of hydrogen-bond acceptors (Lipinski definition) is 6. The van der Waals surface area contributed by atoms with E-state index in [0.717, 1.165) is 31.2 Å². The van der Waals surface area contributed by atoms with Crippen LogP contribution >= 0.6 is 24.8 Å². The molecule has 2 atom stereocenters. The van der Waals surface area contributed by atoms with Gasteiger partial charge in [0.25, 0.3) is 0 Å². The van der Waals surface area contributed by atoms with Crippen molar-refractivity contribution < 1.29 is 17.9 Å². The number of rotatable bonds is 5. The molecule has 0 amide bonds. The van der Waals surface area contributed by atoms with Crippen LogP contribution < -0.4 is 10.1 Å². The number of alkyl halides is 3. The van der Waals surface area contributed by atoms with Gasteiger partial charge in [-0.2, -0.15) is 13.2 Å². The molecule has 12 heteroatoms. The molecule has 2 saturated heterocycles. The van der Waals surface area contributed by atoms with E-state index < -0.39 is 12.2 Å². The summed E-state index contributed by atoms with van der Waals surface area (Å²) in [6.45, 7) is 4.11. The van der Waals surface area contributed by atoms with Crippen molar-refractivity contribution in [3.8, 4) is 17.3 Å². The second-order valence-corrected chi connectivity index (χ2v) is 9.67. The van der Waals surface area contributed by atoms with Crippen LogP contribution in [0.25, 0.3) is 28.1 Å². The molecule has 1 unspecified atom stereocenters. The molecule has 0 saturated carbocycles. The van der Waals surface area contributed by atoms with Crippen LogP contribution in [0, 0.1) is 0 Å². The largest absolute Gasteiger partial charge is 0.494 e. The number of benzene rings is 1. The fourth-order valence-electron chi connectivity index (χ4n) is 5.67. The second kappa shape index (κ2) is 10.8. The lowest BCUT2D eigenvalue weighted by molar-refractivity contribution is -0.184. The molecule has 2 fully saturated rings. The Bertz CT molecular complexity index is 1420. The van der Waals surface area contributed by atoms with Gasteiger partial charge in [-0.05, 0) is 62.6 Å². The summed E-state index contributed by atoms with van der Waals surface area (Å²) in [6.07, 6.45) is -0.252. The summed E-state index contributed by atoms with van der Waals surface area (Å²) in [5.74, 6) is 1.10. The van der Waals surface area contributed by atoms with E-state index in [0.29, 0.717) is 48.1 Å². The minimum absolute atomic E-state index is 0. The van der Waals surface area contributed by atoms with Gasteiger partial charge in [0, 0.05) is 36.3 Å². The van der Waals surface area contributed by atoms with Crippen LogP contribution in [0.4, 0.5) is 13.2 Å². The van der Waals surface area contributed by atoms with E-state index in [9.17, 15) is 13.2 Å². The number of nitrogens with zero attached hydrogens (tertiary/aromatic N) is 5. The summed E-state index contributed by atoms with van der Waals surface area (Å²) < 4.78 is 50.5. The van der Waals surface area contributed by atoms with Crippen LogP contribution in [0.15, 0.2) is 48.7 Å². The molecule has 7 nitrogen and oxygen atoms in total. The van der Waals surface area contributed by atoms with Crippen molar-refractivity contribution in [2.45, 2.75) is 43.9 Å². The van der Waals surface area contributed by atoms with Crippen molar-refractivity contribution >= 4 is 41.4 Å². The smallest absolute Gasteiger partial charge is 0.408 e. The average molecular weight is 569 g/mol. The number of nitrogens with one attached hydrogen (secondary N) is 1. The van der Waals surface area contributed by atoms with Gasteiger partial charge in [-0.15, -0.1) is 35.0 Å². The Hall–Kier alpha value is -2.66. The van der Waals surface area contributed by atoms with E-state index in [2.05, 4.69) is 15.5 Å². The number of pyridine rings is 2. The molecule has 0 aliphatic carbocycles. The van der Waals surface area contributed by atoms with Crippen LogP contribution in [0.2, 0.25) is 0 Å². The van der Waals surface area contributed by atoms with Crippen LogP contribution in [-0.4, -0.2) is 62.4 Å². The SMILES string of the molecule is CCOc1ccc2ccc(-c3nnc4ccc([C@@H](N5CCC6(CCCN6)C5)C(F)(F)F)cn34)nc2c1.Cl.Cl. The highest BCUT2D eigenvalue weighted by atomic mass is 35.5. The van der Waals surface area contributed by atoms with Crippen molar-refractivity contribution in [3.05, 3.63) is 54.2 Å². The third-order valence-electron chi connectivity index (χ3n) is 7.34. The molecule has 0 bridgehead atoms. The molecular formula is C26H29Cl2F3N6O. The van der Waals surface area contributed by atoms with Gasteiger partial charge in [-0.3, -0.25) is 9.30 Å². The predicted molar refractivity (Wildman–Crippen MR) is 144 cm³/mol. The van der Waals surface area contributed by atoms with Gasteiger partial charge in [0.05, 0.1) is 12.1 Å². The lowest BCUT2D eigenvalue weighted by Gasteiger charge is -2.32. The Morgan fingerprint density at radius 2 is 1.89 bits per heavy atom. The van der Waals surface area contributed by atoms with Crippen LogP contribution in [0.1, 0.15) is 37.8 Å². The van der Waals surface area contributed by atoms with Crippen molar-refractivity contribution in [3.63, 3.8) is 0 Å². The molecule has 2 aliphatic rings. The average Bonchev–Trinajstić information content (AvgIpc) is 3.59. The Morgan fingerprint density at radius 1 is 1.08 bits per heavy atom. The normalized spacial score (nSPS) is 20.5. The molecule has 0 radical (unpaired) electrons. The summed E-state index contributed by atoms with van der Waals surface area (Å²) in [5.41, 5.74) is 1.68. The monoisotopic (exact) mass is 568 g/mol. The maximum absolute atomic E-state index is 14.4. The minimum atomic E-state index is -4.41. The summed E-state index contributed by atoms with van der Waals surface area (Å²) in [4.78, 5) is 6.28. The third-order valence-corrected chi connectivity index (χ3v) is 7.34. The molecule has 1 N–H and O–H groups in total. The number of hydrogen-bond donors (Lipinski definition) is 1. The van der Waals surface area contributed by atoms with Crippen molar-refractivity contribution in [2.75, 3.05) is 26.2 Å². The summed E-state index contributed by atoms with van der Waals surface area (Å²) in [7, 11) is 0. The zero-order valence-corrected chi connectivity index (χ0v) is 22.4. The Balaban J connectivity index is 0.00000168. The van der Waals surface area contributed by atoms with Crippen molar-refractivity contribution in [1.29, 1.82) is 0 Å². The fraction of sp³-hybridized carbons (Fsp3) is 0.423. The fourth-order valence-corrected chi connectivity index (χ4v) is 5.67. The molecule has 204 valence electrons. The topological polar surface area (TPSA) is 67.6 Å². The lowest BCUT2D eigenvalue weighted by Crippen LogP contribution is -2.45. The van der Waals surface area contributed by atoms with Crippen LogP contribution in [0.3, 0.4) is 0 Å². The molecule has 5 heterocycles. The molecule has 38 heavy (non-hydrogen) atoms. The maximum Gasteiger partial charge on any atom is 0.408 e. The molecular weight excluding hydrogens is 540 g/mol. The highest BCUT2D eigenvalue weighted by molar-refractivity contribution is 5.85. The van der Waals surface area contributed by atoms with Crippen molar-refractivity contribution in [2.24, 2.45) is 0 Å². The van der Waals surface area contributed by atoms with Gasteiger partial charge in [-0.25, -0.2) is 4.98 Å². The molecule has 4 aromatic rings. The van der Waals surface area contributed by atoms with E-state index in [-0.39, 0.29) is 35.9 Å². The maximum atomic E-state index is 14.4. The Kier molecular flexibility index (Phi) is 8.09. The lowest BCUT2D eigenvalue weighted by atomic mass is 9.97. The third kappa shape index (κ3) is 5.14. The van der Waals surface area contributed by atoms with Gasteiger partial charge >= 0.3 is 6.18 Å². The summed E-state index contributed by atoms with van der Waals surface area (Å²) in [6, 6.07) is 10.8. The number of ether oxygens (including phenoxy) is 1. The van der Waals surface area contributed by atoms with E-state index in [1.54, 1.807) is 15.4 Å². The molecule has 1 aromatic carbocycles. The highest BCUT2D eigenvalue weighted by Crippen LogP contribution is 2.43. The van der Waals surface area contributed by atoms with Gasteiger partial charge in [0.15, 0.2) is 11.5 Å². The first-order valence-electron chi connectivity index (χ1n) is 12.3. The van der Waals surface area contributed by atoms with Gasteiger partial charge < -0.3 is 10.1 Å². The van der Waals surface area contributed by atoms with Crippen LogP contribution in [-0.2, 0) is 0 Å². The molecule has 6 rings (SSSR count). The minimum Gasteiger partial charge on any atom is -0.494 e. The van der Waals surface area contributed by atoms with Crippen LogP contribution in [0.5, 0.6) is 5.75 Å². The van der Waals surface area contributed by atoms with E-state index in [1.807, 2.05) is 37.3 Å². The first-order chi connectivity index (χ1) is 17.4. The zero-order valence-electron chi connectivity index (χ0n) is 20.7. The van der Waals surface area contributed by atoms with E-state index >= 15 is 0 Å². The zero-order chi connectivity index (χ0) is 24.9. The number of likely N-dealkylation sites (tertiary alicyclic amines) is 1. The van der Waals surface area contributed by atoms with Gasteiger partial charge in [0.1, 0.15) is 17.5 Å². The van der Waals surface area contributed by atoms with Gasteiger partial charge in [-0.1, -0.05) is 12.1 Å². The number of fused-ring (bicyclic) bond motifs is 2. The molecule has 3 aromatic heterocycles. The molecule has 2 aliphatic heterocycles. The first-order valence-corrected chi connectivity index (χ1v) is 12.3. The first kappa shape index (κ1) is 28.4. The quantitative estimate of drug-likeness (QED) is 0.337. The Labute approximate surface area is 230 Å². The Morgan fingerprint density at radius 3 is 2.63 bits per heavy atom. The summed E-state index contributed by atoms with van der Waals surface area (Å²) >= 11 is 0. The predicted octanol–water partition coefficient (Wildman–Crippen LogP) is 5.62. The number of aromatic nitrogens is 4. The second-order valence-electron chi connectivity index (χ2n) is 9.67. The van der Waals surface area contributed by atoms with E-state index in [4.69, 9.17) is 9.72 Å². The van der Waals surface area contributed by atoms with Crippen molar-refractivity contribution in [1.82, 2.24) is 29.8 Å². The molecule has 1 spiro atoms.